The van der Waals surface area contributed by atoms with Crippen LogP contribution in [0.1, 0.15) is 13.8 Å². The largest absolute Gasteiger partial charge is 0.381 e. The molecular formula is C6H11O2S2. The van der Waals surface area contributed by atoms with Crippen molar-refractivity contribution in [3.05, 3.63) is 12.2 Å². The van der Waals surface area contributed by atoms with Gasteiger partial charge in [0.25, 0.3) is 0 Å². The van der Waals surface area contributed by atoms with Gasteiger partial charge in [0.2, 0.25) is 0 Å². The van der Waals surface area contributed by atoms with E-state index in [0.717, 1.165) is 5.75 Å². The Morgan fingerprint density at radius 1 is 1.70 bits per heavy atom. The highest BCUT2D eigenvalue weighted by atomic mass is 33.1. The van der Waals surface area contributed by atoms with E-state index in [1.807, 2.05) is 0 Å². The minimum Gasteiger partial charge on any atom is -0.242 e. The van der Waals surface area contributed by atoms with Crippen LogP contribution < -0.4 is 0 Å². The molecule has 0 rings (SSSR count). The third kappa shape index (κ3) is 15.7. The molecule has 0 aliphatic heterocycles. The summed E-state index contributed by atoms with van der Waals surface area (Å²) in [5.41, 5.74) is 0.0648. The van der Waals surface area contributed by atoms with Gasteiger partial charge in [0.05, 0.1) is 0 Å². The van der Waals surface area contributed by atoms with Crippen molar-refractivity contribution in [2.24, 2.45) is 0 Å². The number of carbonyl (C=O) groups excluding carboxylic acids is 1. The van der Waals surface area contributed by atoms with Gasteiger partial charge in [0.15, 0.2) is 0 Å². The first-order valence-corrected chi connectivity index (χ1v) is 4.73. The summed E-state index contributed by atoms with van der Waals surface area (Å²) in [6.45, 7) is 6.54. The van der Waals surface area contributed by atoms with Crippen LogP contribution in [-0.2, 0) is 9.90 Å². The van der Waals surface area contributed by atoms with E-state index in [1.54, 1.807) is 10.8 Å². The maximum atomic E-state index is 9.49. The van der Waals surface area contributed by atoms with E-state index < -0.39 is 5.97 Å². The first-order valence-electron chi connectivity index (χ1n) is 2.69. The molecule has 0 atom stereocenters. The molecule has 0 saturated heterocycles. The molecule has 1 radical (unpaired) electrons. The van der Waals surface area contributed by atoms with Gasteiger partial charge in [-0.15, -0.1) is 11.7 Å². The van der Waals surface area contributed by atoms with Crippen LogP contribution in [0, 0.1) is 0 Å². The van der Waals surface area contributed by atoms with Crippen LogP contribution in [0.15, 0.2) is 12.2 Å². The van der Waals surface area contributed by atoms with Crippen LogP contribution in [0.2, 0.25) is 0 Å². The minimum atomic E-state index is -1.19. The number of thiol groups is 1. The van der Waals surface area contributed by atoms with E-state index in [0.29, 0.717) is 0 Å². The number of carbonyl (C=O) groups is 1. The summed E-state index contributed by atoms with van der Waals surface area (Å²) in [4.78, 5) is 9.49. The molecule has 0 aliphatic carbocycles. The lowest BCUT2D eigenvalue weighted by Crippen LogP contribution is -1.89. The molecule has 0 N–H and O–H groups in total. The van der Waals surface area contributed by atoms with E-state index in [1.165, 1.54) is 6.92 Å². The van der Waals surface area contributed by atoms with Crippen molar-refractivity contribution in [2.75, 3.05) is 5.75 Å². The minimum absolute atomic E-state index is 0.0648. The summed E-state index contributed by atoms with van der Waals surface area (Å²) < 4.78 is 0. The molecule has 0 heterocycles. The lowest BCUT2D eigenvalue weighted by Gasteiger charge is -1.74. The zero-order valence-electron chi connectivity index (χ0n) is 6.09. The van der Waals surface area contributed by atoms with Crippen LogP contribution in [0.25, 0.3) is 0 Å². The Labute approximate surface area is 70.5 Å². The highest BCUT2D eigenvalue weighted by Gasteiger charge is 1.94. The molecule has 0 aromatic carbocycles. The zero-order valence-corrected chi connectivity index (χ0v) is 7.80. The van der Waals surface area contributed by atoms with Crippen molar-refractivity contribution in [1.82, 2.24) is 0 Å². The molecule has 0 bridgehead atoms. The fourth-order valence-electron chi connectivity index (χ4n) is 0. The first kappa shape index (κ1) is 12.6. The normalized spacial score (nSPS) is 7.50. The van der Waals surface area contributed by atoms with Gasteiger partial charge in [0.1, 0.15) is 0 Å². The molecule has 0 aliphatic rings. The second kappa shape index (κ2) is 8.91. The van der Waals surface area contributed by atoms with Crippen molar-refractivity contribution < 1.29 is 9.90 Å². The quantitative estimate of drug-likeness (QED) is 0.400. The molecule has 0 aromatic rings. The van der Waals surface area contributed by atoms with E-state index in [9.17, 15) is 9.90 Å². The molecule has 0 amide bonds. The standard InChI is InChI=1S/C4H5O2.C2H6S2/c1-3(2)4(5)6;1-2-4-3/h1H2,2H3;3H,2H2,1H3. The topological polar surface area (TPSA) is 37.0 Å². The summed E-state index contributed by atoms with van der Waals surface area (Å²) in [6.07, 6.45) is 0. The highest BCUT2D eigenvalue weighted by Crippen LogP contribution is 2.00. The van der Waals surface area contributed by atoms with Crippen LogP contribution in [0.3, 0.4) is 0 Å². The summed E-state index contributed by atoms with van der Waals surface area (Å²) in [6, 6.07) is 0. The summed E-state index contributed by atoms with van der Waals surface area (Å²) >= 11 is 3.84. The Morgan fingerprint density at radius 3 is 1.90 bits per heavy atom. The predicted molar refractivity (Wildman–Crippen MR) is 47.6 cm³/mol. The maximum Gasteiger partial charge on any atom is 0.381 e. The Bertz CT molecular complexity index is 98.3. The Hall–Kier alpha value is -0.0900. The summed E-state index contributed by atoms with van der Waals surface area (Å²) in [5.74, 6) is -0.0849. The van der Waals surface area contributed by atoms with Crippen molar-refractivity contribution >= 4 is 28.4 Å². The number of hydrogen-bond donors (Lipinski definition) is 1. The second-order valence-corrected chi connectivity index (χ2v) is 3.10. The smallest absolute Gasteiger partial charge is 0.242 e. The van der Waals surface area contributed by atoms with Crippen LogP contribution in [-0.4, -0.2) is 11.7 Å². The van der Waals surface area contributed by atoms with Gasteiger partial charge in [-0.1, -0.05) is 24.3 Å². The number of rotatable bonds is 2. The van der Waals surface area contributed by atoms with Gasteiger partial charge in [-0.3, -0.25) is 0 Å². The molecule has 2 nitrogen and oxygen atoms in total. The van der Waals surface area contributed by atoms with E-state index in [2.05, 4.69) is 25.2 Å². The lowest BCUT2D eigenvalue weighted by molar-refractivity contribution is -0.138. The summed E-state index contributed by atoms with van der Waals surface area (Å²) in [7, 11) is 1.55. The van der Waals surface area contributed by atoms with Crippen molar-refractivity contribution in [2.45, 2.75) is 13.8 Å². The molecule has 59 valence electrons. The van der Waals surface area contributed by atoms with Gasteiger partial charge >= 0.3 is 5.97 Å². The van der Waals surface area contributed by atoms with Crippen LogP contribution in [0.4, 0.5) is 0 Å². The molecule has 0 unspecified atom stereocenters. The SMILES string of the molecule is C=C(C)C([O])=O.CCSS. The van der Waals surface area contributed by atoms with Gasteiger partial charge in [0, 0.05) is 11.3 Å². The van der Waals surface area contributed by atoms with E-state index in [4.69, 9.17) is 0 Å². The average Bonchev–Trinajstić information content (AvgIpc) is 1.89. The molecular weight excluding hydrogens is 168 g/mol. The van der Waals surface area contributed by atoms with Crippen molar-refractivity contribution in [3.8, 4) is 0 Å². The summed E-state index contributed by atoms with van der Waals surface area (Å²) in [5, 5.41) is 9.49. The number of hydrogen-bond acceptors (Lipinski definition) is 3. The Morgan fingerprint density at radius 2 is 1.90 bits per heavy atom. The first-order chi connectivity index (χ1) is 4.56. The highest BCUT2D eigenvalue weighted by molar-refractivity contribution is 8.68. The monoisotopic (exact) mass is 179 g/mol. The molecule has 0 spiro atoms. The fraction of sp³-hybridized carbons (Fsp3) is 0.500. The second-order valence-electron chi connectivity index (χ2n) is 1.49. The molecule has 4 heteroatoms. The molecule has 10 heavy (non-hydrogen) atoms. The van der Waals surface area contributed by atoms with Gasteiger partial charge in [-0.25, -0.2) is 9.90 Å². The molecule has 0 fully saturated rings. The Kier molecular flexibility index (Phi) is 11.2. The zero-order chi connectivity index (χ0) is 8.57. The van der Waals surface area contributed by atoms with Crippen molar-refractivity contribution in [3.63, 3.8) is 0 Å². The third-order valence-electron chi connectivity index (χ3n) is 0.478. The van der Waals surface area contributed by atoms with E-state index >= 15 is 0 Å². The van der Waals surface area contributed by atoms with Gasteiger partial charge < -0.3 is 0 Å². The molecule has 0 saturated carbocycles. The van der Waals surface area contributed by atoms with Crippen LogP contribution in [0.5, 0.6) is 0 Å². The lowest BCUT2D eigenvalue weighted by atomic mass is 10.4. The predicted octanol–water partition coefficient (Wildman–Crippen LogP) is 2.10. The van der Waals surface area contributed by atoms with Gasteiger partial charge in [-0.05, 0) is 6.92 Å². The molecule has 0 aromatic heterocycles. The Balaban J connectivity index is 0. The average molecular weight is 179 g/mol. The van der Waals surface area contributed by atoms with Crippen LogP contribution >= 0.6 is 22.5 Å². The van der Waals surface area contributed by atoms with E-state index in [-0.39, 0.29) is 5.57 Å². The maximum absolute atomic E-state index is 9.49. The van der Waals surface area contributed by atoms with Gasteiger partial charge in [-0.2, -0.15) is 0 Å². The fourth-order valence-corrected chi connectivity index (χ4v) is 0. The third-order valence-corrected chi connectivity index (χ3v) is 1.51. The van der Waals surface area contributed by atoms with Crippen molar-refractivity contribution in [1.29, 1.82) is 0 Å².